The van der Waals surface area contributed by atoms with E-state index in [0.717, 1.165) is 24.3 Å². The van der Waals surface area contributed by atoms with Crippen LogP contribution < -0.4 is 4.74 Å². The zero-order valence-corrected chi connectivity index (χ0v) is 7.46. The molecule has 0 fully saturated rings. The molecule has 0 aliphatic carbocycles. The average molecular weight is 177 g/mol. The van der Waals surface area contributed by atoms with Gasteiger partial charge in [0, 0.05) is 12.0 Å². The lowest BCUT2D eigenvalue weighted by atomic mass is 10.1. The summed E-state index contributed by atoms with van der Waals surface area (Å²) in [5.41, 5.74) is 1.98. The Morgan fingerprint density at radius 1 is 1.54 bits per heavy atom. The molecule has 68 valence electrons. The zero-order valence-electron chi connectivity index (χ0n) is 7.46. The van der Waals surface area contributed by atoms with Gasteiger partial charge < -0.3 is 9.47 Å². The first-order valence-electron chi connectivity index (χ1n) is 4.20. The van der Waals surface area contributed by atoms with Crippen molar-refractivity contribution in [2.75, 3.05) is 13.7 Å². The Labute approximate surface area is 76.8 Å². The second-order valence-corrected chi connectivity index (χ2v) is 2.95. The van der Waals surface area contributed by atoms with E-state index in [1.54, 1.807) is 0 Å². The summed E-state index contributed by atoms with van der Waals surface area (Å²) < 4.78 is 10.2. The largest absolute Gasteiger partial charge is 0.493 e. The summed E-state index contributed by atoms with van der Waals surface area (Å²) in [4.78, 5) is 0. The van der Waals surface area contributed by atoms with Crippen molar-refractivity contribution >= 4 is 5.90 Å². The molecule has 1 heterocycles. The molecule has 1 aromatic rings. The summed E-state index contributed by atoms with van der Waals surface area (Å²) in [6, 6.07) is 5.69. The lowest BCUT2D eigenvalue weighted by molar-refractivity contribution is 0.357. The molecule has 3 heteroatoms. The number of ether oxygens (including phenoxy) is 2. The number of benzene rings is 1. The smallest absolute Gasteiger partial charge is 0.212 e. The second-order valence-electron chi connectivity index (χ2n) is 2.95. The van der Waals surface area contributed by atoms with E-state index in [2.05, 4.69) is 0 Å². The maximum Gasteiger partial charge on any atom is 0.212 e. The van der Waals surface area contributed by atoms with Crippen LogP contribution in [0, 0.1) is 5.41 Å². The highest BCUT2D eigenvalue weighted by atomic mass is 16.5. The minimum Gasteiger partial charge on any atom is -0.493 e. The fourth-order valence-corrected chi connectivity index (χ4v) is 1.45. The van der Waals surface area contributed by atoms with E-state index in [1.165, 1.54) is 12.7 Å². The van der Waals surface area contributed by atoms with Crippen molar-refractivity contribution in [1.82, 2.24) is 0 Å². The zero-order chi connectivity index (χ0) is 9.26. The summed E-state index contributed by atoms with van der Waals surface area (Å²) in [6.45, 7) is 0.749. The van der Waals surface area contributed by atoms with E-state index in [9.17, 15) is 0 Å². The molecule has 1 aromatic carbocycles. The maximum absolute atomic E-state index is 7.48. The summed E-state index contributed by atoms with van der Waals surface area (Å²) in [7, 11) is 1.51. The Bertz CT molecular complexity index is 347. The van der Waals surface area contributed by atoms with Crippen LogP contribution >= 0.6 is 0 Å². The van der Waals surface area contributed by atoms with Crippen LogP contribution in [-0.4, -0.2) is 19.6 Å². The Kier molecular flexibility index (Phi) is 1.93. The summed E-state index contributed by atoms with van der Waals surface area (Å²) in [6.07, 6.45) is 0.931. The fourth-order valence-electron chi connectivity index (χ4n) is 1.45. The van der Waals surface area contributed by atoms with Gasteiger partial charge in [0.2, 0.25) is 5.90 Å². The molecule has 0 unspecified atom stereocenters. The Balaban J connectivity index is 2.36. The number of rotatable bonds is 1. The standard InChI is InChI=1S/C10H11NO2/c1-12-10(11)8-2-3-9-7(6-8)4-5-13-9/h2-3,6,11H,4-5H2,1H3. The van der Waals surface area contributed by atoms with Gasteiger partial charge in [-0.05, 0) is 23.8 Å². The van der Waals surface area contributed by atoms with Crippen molar-refractivity contribution in [2.45, 2.75) is 6.42 Å². The van der Waals surface area contributed by atoms with Gasteiger partial charge in [-0.15, -0.1) is 0 Å². The van der Waals surface area contributed by atoms with Gasteiger partial charge in [0.05, 0.1) is 13.7 Å². The highest BCUT2D eigenvalue weighted by Crippen LogP contribution is 2.25. The van der Waals surface area contributed by atoms with Crippen LogP contribution in [0.1, 0.15) is 11.1 Å². The van der Waals surface area contributed by atoms with Crippen molar-refractivity contribution in [1.29, 1.82) is 5.41 Å². The van der Waals surface area contributed by atoms with Crippen LogP contribution in [-0.2, 0) is 11.2 Å². The molecule has 0 saturated carbocycles. The minimum atomic E-state index is 0.203. The van der Waals surface area contributed by atoms with E-state index < -0.39 is 0 Å². The molecule has 13 heavy (non-hydrogen) atoms. The van der Waals surface area contributed by atoms with Gasteiger partial charge in [-0.25, -0.2) is 0 Å². The number of hydrogen-bond acceptors (Lipinski definition) is 3. The molecule has 2 rings (SSSR count). The van der Waals surface area contributed by atoms with E-state index in [0.29, 0.717) is 0 Å². The lowest BCUT2D eigenvalue weighted by Gasteiger charge is -2.03. The number of hydrogen-bond donors (Lipinski definition) is 1. The molecule has 3 nitrogen and oxygen atoms in total. The van der Waals surface area contributed by atoms with Gasteiger partial charge in [-0.3, -0.25) is 5.41 Å². The first kappa shape index (κ1) is 8.10. The van der Waals surface area contributed by atoms with Crippen LogP contribution in [0.5, 0.6) is 5.75 Å². The molecule has 1 aliphatic rings. The Morgan fingerprint density at radius 3 is 3.15 bits per heavy atom. The molecule has 0 bridgehead atoms. The molecule has 0 aromatic heterocycles. The molecular formula is C10H11NO2. The van der Waals surface area contributed by atoms with E-state index in [1.807, 2.05) is 18.2 Å². The van der Waals surface area contributed by atoms with Crippen molar-refractivity contribution in [2.24, 2.45) is 0 Å². The molecule has 1 N–H and O–H groups in total. The van der Waals surface area contributed by atoms with Crippen LogP contribution in [0.25, 0.3) is 0 Å². The van der Waals surface area contributed by atoms with Crippen LogP contribution in [0.4, 0.5) is 0 Å². The summed E-state index contributed by atoms with van der Waals surface area (Å²) in [5, 5.41) is 7.48. The van der Waals surface area contributed by atoms with Gasteiger partial charge >= 0.3 is 0 Å². The van der Waals surface area contributed by atoms with Crippen molar-refractivity contribution < 1.29 is 9.47 Å². The van der Waals surface area contributed by atoms with E-state index in [4.69, 9.17) is 14.9 Å². The number of nitrogens with one attached hydrogen (secondary N) is 1. The highest BCUT2D eigenvalue weighted by molar-refractivity contribution is 5.91. The highest BCUT2D eigenvalue weighted by Gasteiger charge is 2.13. The molecule has 0 spiro atoms. The SMILES string of the molecule is COC(=N)c1ccc2c(c1)CCO2. The van der Waals surface area contributed by atoms with Gasteiger partial charge in [0.25, 0.3) is 0 Å². The molecule has 0 atom stereocenters. The quantitative estimate of drug-likeness (QED) is 0.523. The number of fused-ring (bicyclic) bond motifs is 1. The first-order valence-corrected chi connectivity index (χ1v) is 4.20. The van der Waals surface area contributed by atoms with E-state index in [-0.39, 0.29) is 5.90 Å². The van der Waals surface area contributed by atoms with Crippen molar-refractivity contribution in [3.63, 3.8) is 0 Å². The predicted octanol–water partition coefficient (Wildman–Crippen LogP) is 1.59. The normalized spacial score (nSPS) is 13.3. The van der Waals surface area contributed by atoms with Gasteiger partial charge in [-0.1, -0.05) is 0 Å². The summed E-state index contributed by atoms with van der Waals surface area (Å²) >= 11 is 0. The minimum absolute atomic E-state index is 0.203. The van der Waals surface area contributed by atoms with Gasteiger partial charge in [0.1, 0.15) is 5.75 Å². The van der Waals surface area contributed by atoms with Crippen LogP contribution in [0.15, 0.2) is 18.2 Å². The molecule has 0 saturated heterocycles. The van der Waals surface area contributed by atoms with Gasteiger partial charge in [0.15, 0.2) is 0 Å². The van der Waals surface area contributed by atoms with Crippen LogP contribution in [0.3, 0.4) is 0 Å². The first-order chi connectivity index (χ1) is 6.31. The van der Waals surface area contributed by atoms with Crippen molar-refractivity contribution in [3.05, 3.63) is 29.3 Å². The third-order valence-electron chi connectivity index (χ3n) is 2.16. The molecule has 0 radical (unpaired) electrons. The maximum atomic E-state index is 7.48. The Morgan fingerprint density at radius 2 is 2.38 bits per heavy atom. The molecular weight excluding hydrogens is 166 g/mol. The molecule has 1 aliphatic heterocycles. The topological polar surface area (TPSA) is 42.3 Å². The average Bonchev–Trinajstić information content (AvgIpc) is 2.63. The molecule has 0 amide bonds. The third kappa shape index (κ3) is 1.37. The third-order valence-corrected chi connectivity index (χ3v) is 2.16. The summed E-state index contributed by atoms with van der Waals surface area (Å²) in [5.74, 6) is 1.14. The monoisotopic (exact) mass is 177 g/mol. The van der Waals surface area contributed by atoms with Gasteiger partial charge in [-0.2, -0.15) is 0 Å². The van der Waals surface area contributed by atoms with Crippen LogP contribution in [0.2, 0.25) is 0 Å². The number of methoxy groups -OCH3 is 1. The van der Waals surface area contributed by atoms with Crippen molar-refractivity contribution in [3.8, 4) is 5.75 Å². The van der Waals surface area contributed by atoms with E-state index >= 15 is 0 Å². The predicted molar refractivity (Wildman–Crippen MR) is 49.5 cm³/mol. The lowest BCUT2D eigenvalue weighted by Crippen LogP contribution is -2.01. The fraction of sp³-hybridized carbons (Fsp3) is 0.300. The Hall–Kier alpha value is -1.51. The second kappa shape index (κ2) is 3.09.